The second-order valence-corrected chi connectivity index (χ2v) is 6.31. The molecule has 0 radical (unpaired) electrons. The minimum absolute atomic E-state index is 0.134. The zero-order valence-electron chi connectivity index (χ0n) is 13.3. The molecule has 0 unspecified atom stereocenters. The van der Waals surface area contributed by atoms with Gasteiger partial charge in [0.15, 0.2) is 0 Å². The van der Waals surface area contributed by atoms with Crippen molar-refractivity contribution in [3.8, 4) is 0 Å². The first-order valence-electron chi connectivity index (χ1n) is 7.32. The number of carbonyl (C=O) groups is 1. The van der Waals surface area contributed by atoms with Gasteiger partial charge < -0.3 is 15.5 Å². The molecule has 1 aromatic heterocycles. The van der Waals surface area contributed by atoms with E-state index in [0.717, 1.165) is 5.56 Å². The summed E-state index contributed by atoms with van der Waals surface area (Å²) in [5.74, 6) is 0. The third kappa shape index (κ3) is 4.58. The Morgan fingerprint density at radius 3 is 2.64 bits per heavy atom. The summed E-state index contributed by atoms with van der Waals surface area (Å²) in [6.45, 7) is 3.18. The van der Waals surface area contributed by atoms with Gasteiger partial charge in [0.25, 0.3) is 0 Å². The van der Waals surface area contributed by atoms with Crippen LogP contribution < -0.4 is 10.6 Å². The SMILES string of the molecule is Cc1ccccc1CNC(=O)NC[C@H](c1ccsc1)N(C)C. The summed E-state index contributed by atoms with van der Waals surface area (Å²) in [6, 6.07) is 10.2. The maximum atomic E-state index is 12.0. The highest BCUT2D eigenvalue weighted by Crippen LogP contribution is 2.19. The van der Waals surface area contributed by atoms with Crippen LogP contribution in [0.1, 0.15) is 22.7 Å². The van der Waals surface area contributed by atoms with Gasteiger partial charge in [-0.25, -0.2) is 4.79 Å². The molecule has 0 saturated heterocycles. The van der Waals surface area contributed by atoms with Crippen molar-refractivity contribution in [1.82, 2.24) is 15.5 Å². The lowest BCUT2D eigenvalue weighted by atomic mass is 10.1. The molecule has 1 aromatic carbocycles. The number of benzene rings is 1. The van der Waals surface area contributed by atoms with Crippen LogP contribution in [0.25, 0.3) is 0 Å². The minimum atomic E-state index is -0.134. The van der Waals surface area contributed by atoms with Gasteiger partial charge in [-0.15, -0.1) is 0 Å². The van der Waals surface area contributed by atoms with Crippen molar-refractivity contribution >= 4 is 17.4 Å². The molecule has 0 fully saturated rings. The number of hydrogen-bond acceptors (Lipinski definition) is 3. The van der Waals surface area contributed by atoms with Crippen molar-refractivity contribution < 1.29 is 4.79 Å². The summed E-state index contributed by atoms with van der Waals surface area (Å²) in [5, 5.41) is 10.1. The van der Waals surface area contributed by atoms with E-state index >= 15 is 0 Å². The lowest BCUT2D eigenvalue weighted by Gasteiger charge is -2.24. The van der Waals surface area contributed by atoms with Crippen LogP contribution in [0.4, 0.5) is 4.79 Å². The maximum Gasteiger partial charge on any atom is 0.315 e. The fourth-order valence-electron chi connectivity index (χ4n) is 2.30. The predicted molar refractivity (Wildman–Crippen MR) is 92.2 cm³/mol. The van der Waals surface area contributed by atoms with E-state index in [1.54, 1.807) is 11.3 Å². The summed E-state index contributed by atoms with van der Waals surface area (Å²) >= 11 is 1.67. The van der Waals surface area contributed by atoms with Crippen LogP contribution in [0.5, 0.6) is 0 Å². The highest BCUT2D eigenvalue weighted by Gasteiger charge is 2.15. The molecule has 118 valence electrons. The highest BCUT2D eigenvalue weighted by molar-refractivity contribution is 7.07. The second-order valence-electron chi connectivity index (χ2n) is 5.53. The quantitative estimate of drug-likeness (QED) is 0.859. The van der Waals surface area contributed by atoms with Crippen LogP contribution in [-0.4, -0.2) is 31.6 Å². The Bertz CT molecular complexity index is 596. The van der Waals surface area contributed by atoms with E-state index in [4.69, 9.17) is 0 Å². The van der Waals surface area contributed by atoms with Crippen molar-refractivity contribution in [1.29, 1.82) is 0 Å². The first-order chi connectivity index (χ1) is 10.6. The summed E-state index contributed by atoms with van der Waals surface area (Å²) < 4.78 is 0. The van der Waals surface area contributed by atoms with Gasteiger partial charge in [-0.1, -0.05) is 24.3 Å². The first kappa shape index (κ1) is 16.5. The van der Waals surface area contributed by atoms with Crippen LogP contribution in [0, 0.1) is 6.92 Å². The number of hydrogen-bond donors (Lipinski definition) is 2. The number of nitrogens with one attached hydrogen (secondary N) is 2. The highest BCUT2D eigenvalue weighted by atomic mass is 32.1. The van der Waals surface area contributed by atoms with Crippen molar-refractivity contribution in [3.63, 3.8) is 0 Å². The van der Waals surface area contributed by atoms with Gasteiger partial charge in [-0.2, -0.15) is 11.3 Å². The number of urea groups is 1. The van der Waals surface area contributed by atoms with Gasteiger partial charge >= 0.3 is 6.03 Å². The predicted octanol–water partition coefficient (Wildman–Crippen LogP) is 3.16. The van der Waals surface area contributed by atoms with Crippen LogP contribution in [0.2, 0.25) is 0 Å². The zero-order valence-corrected chi connectivity index (χ0v) is 14.1. The maximum absolute atomic E-state index is 12.0. The van der Waals surface area contributed by atoms with Gasteiger partial charge in [0.2, 0.25) is 0 Å². The largest absolute Gasteiger partial charge is 0.336 e. The Hall–Kier alpha value is -1.85. The van der Waals surface area contributed by atoms with Gasteiger partial charge in [0.05, 0.1) is 6.04 Å². The number of likely N-dealkylation sites (N-methyl/N-ethyl adjacent to an activating group) is 1. The number of thiophene rings is 1. The minimum Gasteiger partial charge on any atom is -0.336 e. The summed E-state index contributed by atoms with van der Waals surface area (Å²) in [4.78, 5) is 14.1. The molecule has 4 nitrogen and oxygen atoms in total. The molecule has 0 aliphatic heterocycles. The van der Waals surface area contributed by atoms with Crippen LogP contribution in [0.3, 0.4) is 0 Å². The van der Waals surface area contributed by atoms with Crippen LogP contribution >= 0.6 is 11.3 Å². The smallest absolute Gasteiger partial charge is 0.315 e. The molecule has 0 bridgehead atoms. The number of aryl methyl sites for hydroxylation is 1. The van der Waals surface area contributed by atoms with E-state index in [1.807, 2.05) is 45.3 Å². The molecule has 1 atom stereocenters. The van der Waals surface area contributed by atoms with Crippen molar-refractivity contribution in [2.24, 2.45) is 0 Å². The Morgan fingerprint density at radius 2 is 2.00 bits per heavy atom. The first-order valence-corrected chi connectivity index (χ1v) is 8.27. The van der Waals surface area contributed by atoms with Gasteiger partial charge in [-0.05, 0) is 54.5 Å². The summed E-state index contributed by atoms with van der Waals surface area (Å²) in [7, 11) is 4.05. The monoisotopic (exact) mass is 317 g/mol. The molecule has 0 spiro atoms. The Kier molecular flexibility index (Phi) is 5.98. The average Bonchev–Trinajstić information content (AvgIpc) is 3.00. The van der Waals surface area contributed by atoms with Crippen molar-refractivity contribution in [2.75, 3.05) is 20.6 Å². The molecular formula is C17H23N3OS. The Balaban J connectivity index is 1.83. The molecule has 2 aromatic rings. The van der Waals surface area contributed by atoms with Gasteiger partial charge in [0.1, 0.15) is 0 Å². The normalized spacial score (nSPS) is 12.2. The standard InChI is InChI=1S/C17H23N3OS/c1-13-6-4-5-7-14(13)10-18-17(21)19-11-16(20(2)3)15-8-9-22-12-15/h4-9,12,16H,10-11H2,1-3H3,(H2,18,19,21)/t16-/m1/s1. The number of amides is 2. The van der Waals surface area contributed by atoms with Crippen molar-refractivity contribution in [3.05, 3.63) is 57.8 Å². The van der Waals surface area contributed by atoms with Gasteiger partial charge in [-0.3, -0.25) is 0 Å². The number of rotatable bonds is 6. The zero-order chi connectivity index (χ0) is 15.9. The molecule has 0 aliphatic carbocycles. The average molecular weight is 317 g/mol. The Morgan fingerprint density at radius 1 is 1.23 bits per heavy atom. The Labute approximate surface area is 136 Å². The third-order valence-electron chi connectivity index (χ3n) is 3.71. The van der Waals surface area contributed by atoms with E-state index in [1.165, 1.54) is 11.1 Å². The molecule has 2 rings (SSSR count). The second kappa shape index (κ2) is 7.96. The number of carbonyl (C=O) groups excluding carboxylic acids is 1. The third-order valence-corrected chi connectivity index (χ3v) is 4.41. The fraction of sp³-hybridized carbons (Fsp3) is 0.353. The summed E-state index contributed by atoms with van der Waals surface area (Å²) in [6.07, 6.45) is 0. The molecule has 2 N–H and O–H groups in total. The van der Waals surface area contributed by atoms with E-state index in [9.17, 15) is 4.79 Å². The molecule has 22 heavy (non-hydrogen) atoms. The van der Waals surface area contributed by atoms with E-state index in [-0.39, 0.29) is 12.1 Å². The van der Waals surface area contributed by atoms with Crippen molar-refractivity contribution in [2.45, 2.75) is 19.5 Å². The van der Waals surface area contributed by atoms with E-state index in [2.05, 4.69) is 32.4 Å². The van der Waals surface area contributed by atoms with Crippen LogP contribution in [-0.2, 0) is 6.54 Å². The van der Waals surface area contributed by atoms with E-state index in [0.29, 0.717) is 13.1 Å². The number of nitrogens with zero attached hydrogens (tertiary/aromatic N) is 1. The molecule has 5 heteroatoms. The molecule has 2 amide bonds. The van der Waals surface area contributed by atoms with Crippen LogP contribution in [0.15, 0.2) is 41.1 Å². The summed E-state index contributed by atoms with van der Waals surface area (Å²) in [5.41, 5.74) is 3.56. The van der Waals surface area contributed by atoms with Gasteiger partial charge in [0, 0.05) is 13.1 Å². The fourth-order valence-corrected chi connectivity index (χ4v) is 3.01. The molecule has 0 saturated carbocycles. The molecule has 1 heterocycles. The van der Waals surface area contributed by atoms with E-state index < -0.39 is 0 Å². The topological polar surface area (TPSA) is 44.4 Å². The lowest BCUT2D eigenvalue weighted by molar-refractivity contribution is 0.232. The molecular weight excluding hydrogens is 294 g/mol. The molecule has 0 aliphatic rings. The lowest BCUT2D eigenvalue weighted by Crippen LogP contribution is -2.40.